The Kier molecular flexibility index (Phi) is 1.81. The van der Waals surface area contributed by atoms with E-state index in [1.807, 2.05) is 18.2 Å². The molecule has 1 aliphatic heterocycles. The highest BCUT2D eigenvalue weighted by molar-refractivity contribution is 6.00. The number of rotatable bonds is 1. The molecule has 0 fully saturated rings. The summed E-state index contributed by atoms with van der Waals surface area (Å²) in [5, 5.41) is 8.90. The molecule has 0 radical (unpaired) electrons. The zero-order chi connectivity index (χ0) is 9.42. The Labute approximate surface area is 76.6 Å². The van der Waals surface area contributed by atoms with E-state index in [1.54, 1.807) is 11.9 Å². The van der Waals surface area contributed by atoms with Gasteiger partial charge in [-0.15, -0.1) is 0 Å². The van der Waals surface area contributed by atoms with Gasteiger partial charge in [-0.2, -0.15) is 0 Å². The minimum Gasteiger partial charge on any atom is -0.392 e. The van der Waals surface area contributed by atoms with Gasteiger partial charge in [-0.25, -0.2) is 0 Å². The fourth-order valence-electron chi connectivity index (χ4n) is 1.62. The summed E-state index contributed by atoms with van der Waals surface area (Å²) in [4.78, 5) is 12.9. The van der Waals surface area contributed by atoms with Crippen molar-refractivity contribution < 1.29 is 9.90 Å². The zero-order valence-corrected chi connectivity index (χ0v) is 7.45. The second-order valence-electron chi connectivity index (χ2n) is 3.25. The van der Waals surface area contributed by atoms with Gasteiger partial charge in [-0.05, 0) is 17.2 Å². The van der Waals surface area contributed by atoms with E-state index >= 15 is 0 Å². The van der Waals surface area contributed by atoms with Crippen molar-refractivity contribution in [3.05, 3.63) is 29.3 Å². The number of hydrogen-bond acceptors (Lipinski definition) is 2. The van der Waals surface area contributed by atoms with Crippen LogP contribution in [0.4, 0.5) is 5.69 Å². The smallest absolute Gasteiger partial charge is 0.231 e. The number of benzene rings is 1. The van der Waals surface area contributed by atoms with Crippen LogP contribution in [0.3, 0.4) is 0 Å². The summed E-state index contributed by atoms with van der Waals surface area (Å²) in [5.74, 6) is 0.116. The molecule has 68 valence electrons. The third kappa shape index (κ3) is 1.21. The molecule has 1 heterocycles. The first-order valence-electron chi connectivity index (χ1n) is 4.21. The molecule has 0 aromatic heterocycles. The fraction of sp³-hybridized carbons (Fsp3) is 0.300. The third-order valence-electron chi connectivity index (χ3n) is 2.40. The van der Waals surface area contributed by atoms with Gasteiger partial charge in [-0.3, -0.25) is 4.79 Å². The molecular formula is C10H11NO2. The van der Waals surface area contributed by atoms with E-state index in [9.17, 15) is 4.79 Å². The second-order valence-corrected chi connectivity index (χ2v) is 3.25. The molecule has 0 atom stereocenters. The van der Waals surface area contributed by atoms with E-state index in [0.717, 1.165) is 16.8 Å². The van der Waals surface area contributed by atoms with Crippen LogP contribution in [0.2, 0.25) is 0 Å². The van der Waals surface area contributed by atoms with Gasteiger partial charge >= 0.3 is 0 Å². The summed E-state index contributed by atoms with van der Waals surface area (Å²) in [6, 6.07) is 5.61. The highest BCUT2D eigenvalue weighted by Gasteiger charge is 2.23. The fourth-order valence-corrected chi connectivity index (χ4v) is 1.62. The molecule has 0 aliphatic carbocycles. The van der Waals surface area contributed by atoms with Crippen molar-refractivity contribution in [1.29, 1.82) is 0 Å². The number of carbonyl (C=O) groups excluding carboxylic acids is 1. The molecule has 0 unspecified atom stereocenters. The molecule has 1 N–H and O–H groups in total. The van der Waals surface area contributed by atoms with Crippen LogP contribution >= 0.6 is 0 Å². The molecule has 2 rings (SSSR count). The summed E-state index contributed by atoms with van der Waals surface area (Å²) in [6.07, 6.45) is 0.458. The van der Waals surface area contributed by atoms with Gasteiger partial charge in [0.1, 0.15) is 0 Å². The number of carbonyl (C=O) groups is 1. The van der Waals surface area contributed by atoms with Crippen LogP contribution in [-0.2, 0) is 17.8 Å². The molecule has 3 nitrogen and oxygen atoms in total. The monoisotopic (exact) mass is 177 g/mol. The lowest BCUT2D eigenvalue weighted by molar-refractivity contribution is -0.117. The highest BCUT2D eigenvalue weighted by Crippen LogP contribution is 2.28. The van der Waals surface area contributed by atoms with Gasteiger partial charge in [-0.1, -0.05) is 12.1 Å². The van der Waals surface area contributed by atoms with Gasteiger partial charge in [0.25, 0.3) is 0 Å². The molecule has 0 spiro atoms. The molecule has 0 saturated carbocycles. The Bertz CT molecular complexity index is 360. The molecule has 1 aromatic carbocycles. The maximum absolute atomic E-state index is 11.3. The number of anilines is 1. The van der Waals surface area contributed by atoms with E-state index in [1.165, 1.54) is 0 Å². The number of nitrogens with zero attached hydrogens (tertiary/aromatic N) is 1. The molecule has 1 amide bonds. The highest BCUT2D eigenvalue weighted by atomic mass is 16.3. The van der Waals surface area contributed by atoms with Crippen LogP contribution in [0.15, 0.2) is 18.2 Å². The van der Waals surface area contributed by atoms with Gasteiger partial charge in [0, 0.05) is 12.7 Å². The second kappa shape index (κ2) is 2.85. The van der Waals surface area contributed by atoms with Gasteiger partial charge in [0.2, 0.25) is 5.91 Å². The summed E-state index contributed by atoms with van der Waals surface area (Å²) in [7, 11) is 1.77. The van der Waals surface area contributed by atoms with Crippen LogP contribution in [0, 0.1) is 0 Å². The van der Waals surface area contributed by atoms with Crippen molar-refractivity contribution in [1.82, 2.24) is 0 Å². The number of likely N-dealkylation sites (N-methyl/N-ethyl adjacent to an activating group) is 1. The Morgan fingerprint density at radius 3 is 3.00 bits per heavy atom. The van der Waals surface area contributed by atoms with Crippen molar-refractivity contribution in [3.63, 3.8) is 0 Å². The number of aliphatic hydroxyl groups excluding tert-OH is 1. The summed E-state index contributed by atoms with van der Waals surface area (Å²) in [6.45, 7) is 0.0329. The maximum atomic E-state index is 11.3. The molecule has 3 heteroatoms. The first kappa shape index (κ1) is 8.26. The number of hydrogen-bond donors (Lipinski definition) is 1. The van der Waals surface area contributed by atoms with Gasteiger partial charge in [0.15, 0.2) is 0 Å². The quantitative estimate of drug-likeness (QED) is 0.686. The average molecular weight is 177 g/mol. The van der Waals surface area contributed by atoms with Crippen LogP contribution in [0.5, 0.6) is 0 Å². The van der Waals surface area contributed by atoms with Crippen molar-refractivity contribution in [2.24, 2.45) is 0 Å². The lowest BCUT2D eigenvalue weighted by atomic mass is 10.1. The lowest BCUT2D eigenvalue weighted by Gasteiger charge is -2.09. The Hall–Kier alpha value is -1.35. The number of fused-ring (bicyclic) bond motifs is 1. The molecule has 1 aliphatic rings. The van der Waals surface area contributed by atoms with Gasteiger partial charge in [0.05, 0.1) is 13.0 Å². The minimum absolute atomic E-state index is 0.0329. The molecule has 13 heavy (non-hydrogen) atoms. The van der Waals surface area contributed by atoms with E-state index in [2.05, 4.69) is 0 Å². The van der Waals surface area contributed by atoms with Crippen molar-refractivity contribution in [2.75, 3.05) is 11.9 Å². The van der Waals surface area contributed by atoms with Crippen LogP contribution < -0.4 is 4.90 Å². The minimum atomic E-state index is 0.0329. The lowest BCUT2D eigenvalue weighted by Crippen LogP contribution is -2.20. The van der Waals surface area contributed by atoms with Gasteiger partial charge < -0.3 is 10.0 Å². The maximum Gasteiger partial charge on any atom is 0.231 e. The molecule has 0 saturated heterocycles. The topological polar surface area (TPSA) is 40.5 Å². The SMILES string of the molecule is CN1C(=O)Cc2cc(CO)ccc21. The Morgan fingerprint density at radius 1 is 1.54 bits per heavy atom. The zero-order valence-electron chi connectivity index (χ0n) is 7.45. The summed E-state index contributed by atoms with van der Waals surface area (Å²) < 4.78 is 0. The first-order chi connectivity index (χ1) is 6.22. The predicted molar refractivity (Wildman–Crippen MR) is 49.5 cm³/mol. The van der Waals surface area contributed by atoms with Crippen molar-refractivity contribution in [2.45, 2.75) is 13.0 Å². The van der Waals surface area contributed by atoms with E-state index in [4.69, 9.17) is 5.11 Å². The predicted octanol–water partition coefficient (Wildman–Crippen LogP) is 0.698. The van der Waals surface area contributed by atoms with Crippen LogP contribution in [-0.4, -0.2) is 18.1 Å². The molecule has 1 aromatic rings. The molecule has 0 bridgehead atoms. The number of aliphatic hydroxyl groups is 1. The van der Waals surface area contributed by atoms with E-state index in [-0.39, 0.29) is 12.5 Å². The summed E-state index contributed by atoms with van der Waals surface area (Å²) >= 11 is 0. The van der Waals surface area contributed by atoms with E-state index < -0.39 is 0 Å². The van der Waals surface area contributed by atoms with E-state index in [0.29, 0.717) is 6.42 Å². The standard InChI is InChI=1S/C10H11NO2/c1-11-9-3-2-7(6-12)4-8(9)5-10(11)13/h2-4,12H,5-6H2,1H3. The molecular weight excluding hydrogens is 166 g/mol. The Balaban J connectivity index is 2.46. The first-order valence-corrected chi connectivity index (χ1v) is 4.21. The van der Waals surface area contributed by atoms with Crippen LogP contribution in [0.25, 0.3) is 0 Å². The normalized spacial score (nSPS) is 14.9. The largest absolute Gasteiger partial charge is 0.392 e. The average Bonchev–Trinajstić information content (AvgIpc) is 2.42. The van der Waals surface area contributed by atoms with Crippen LogP contribution in [0.1, 0.15) is 11.1 Å². The Morgan fingerprint density at radius 2 is 2.31 bits per heavy atom. The third-order valence-corrected chi connectivity index (χ3v) is 2.40. The summed E-state index contributed by atoms with van der Waals surface area (Å²) in [5.41, 5.74) is 2.84. The van der Waals surface area contributed by atoms with Crippen molar-refractivity contribution >= 4 is 11.6 Å². The van der Waals surface area contributed by atoms with Crippen molar-refractivity contribution in [3.8, 4) is 0 Å². The number of amides is 1.